The van der Waals surface area contributed by atoms with Crippen LogP contribution in [0.15, 0.2) is 35.5 Å². The van der Waals surface area contributed by atoms with E-state index in [1.165, 1.54) is 7.11 Å². The van der Waals surface area contributed by atoms with Gasteiger partial charge >= 0.3 is 0 Å². The van der Waals surface area contributed by atoms with Gasteiger partial charge in [0.15, 0.2) is 0 Å². The van der Waals surface area contributed by atoms with E-state index < -0.39 is 0 Å². The fraction of sp³-hybridized carbons (Fsp3) is 0.250. The van der Waals surface area contributed by atoms with E-state index in [-0.39, 0.29) is 0 Å². The summed E-state index contributed by atoms with van der Waals surface area (Å²) in [5.41, 5.74) is 1.95. The summed E-state index contributed by atoms with van der Waals surface area (Å²) in [4.78, 5) is 4.74. The lowest BCUT2D eigenvalue weighted by atomic mass is 10.1. The van der Waals surface area contributed by atoms with Gasteiger partial charge in [0.05, 0.1) is 12.2 Å². The van der Waals surface area contributed by atoms with E-state index >= 15 is 0 Å². The van der Waals surface area contributed by atoms with Gasteiger partial charge in [-0.15, -0.1) is 0 Å². The number of benzene rings is 1. The van der Waals surface area contributed by atoms with Gasteiger partial charge in [0, 0.05) is 12.7 Å². The maximum absolute atomic E-state index is 5.58. The van der Waals surface area contributed by atoms with E-state index in [0.29, 0.717) is 12.5 Å². The first-order valence-corrected chi connectivity index (χ1v) is 4.94. The minimum atomic E-state index is 0.487. The van der Waals surface area contributed by atoms with Crippen LogP contribution in [0.3, 0.4) is 0 Å². The first-order chi connectivity index (χ1) is 7.86. The molecule has 0 radical (unpaired) electrons. The minimum Gasteiger partial charge on any atom is -0.436 e. The third-order valence-electron chi connectivity index (χ3n) is 2.24. The molecule has 0 fully saturated rings. The third kappa shape index (κ3) is 1.92. The smallest absolute Gasteiger partial charge is 0.263 e. The molecular weight excluding hydrogens is 206 g/mol. The highest BCUT2D eigenvalue weighted by Gasteiger charge is 2.24. The molecule has 84 valence electrons. The number of nitrogens with zero attached hydrogens (tertiary/aromatic N) is 1. The standard InChI is InChI=1S/C12H13NO3/c1-14-8-7-11-9-5-3-4-6-10(9)12(16-11)13-15-2/h3-7H,8H2,1-2H3/b11-7+,13-12-. The summed E-state index contributed by atoms with van der Waals surface area (Å²) in [7, 11) is 3.14. The average Bonchev–Trinajstić information content (AvgIpc) is 2.66. The predicted molar refractivity (Wildman–Crippen MR) is 60.9 cm³/mol. The van der Waals surface area contributed by atoms with E-state index in [2.05, 4.69) is 5.16 Å². The minimum absolute atomic E-state index is 0.487. The molecule has 0 spiro atoms. The van der Waals surface area contributed by atoms with Crippen molar-refractivity contribution in [1.29, 1.82) is 0 Å². The summed E-state index contributed by atoms with van der Waals surface area (Å²) >= 11 is 0. The lowest BCUT2D eigenvalue weighted by Crippen LogP contribution is -1.97. The monoisotopic (exact) mass is 219 g/mol. The molecule has 0 aromatic heterocycles. The van der Waals surface area contributed by atoms with Gasteiger partial charge in [0.25, 0.3) is 5.90 Å². The van der Waals surface area contributed by atoms with Gasteiger partial charge in [-0.3, -0.25) is 0 Å². The molecule has 0 unspecified atom stereocenters. The van der Waals surface area contributed by atoms with Crippen LogP contribution in [0.5, 0.6) is 0 Å². The van der Waals surface area contributed by atoms with Crippen molar-refractivity contribution in [2.75, 3.05) is 20.8 Å². The lowest BCUT2D eigenvalue weighted by molar-refractivity contribution is 0.205. The largest absolute Gasteiger partial charge is 0.436 e. The van der Waals surface area contributed by atoms with Crippen molar-refractivity contribution in [3.05, 3.63) is 41.5 Å². The number of ether oxygens (including phenoxy) is 2. The van der Waals surface area contributed by atoms with Crippen LogP contribution >= 0.6 is 0 Å². The van der Waals surface area contributed by atoms with Gasteiger partial charge in [-0.25, -0.2) is 0 Å². The zero-order chi connectivity index (χ0) is 11.4. The van der Waals surface area contributed by atoms with E-state index in [1.54, 1.807) is 7.11 Å². The van der Waals surface area contributed by atoms with E-state index in [9.17, 15) is 0 Å². The summed E-state index contributed by atoms with van der Waals surface area (Å²) in [5.74, 6) is 1.24. The van der Waals surface area contributed by atoms with Crippen molar-refractivity contribution in [3.63, 3.8) is 0 Å². The number of methoxy groups -OCH3 is 1. The van der Waals surface area contributed by atoms with Gasteiger partial charge in [0.1, 0.15) is 12.9 Å². The normalized spacial score (nSPS) is 18.6. The van der Waals surface area contributed by atoms with Crippen molar-refractivity contribution >= 4 is 11.7 Å². The number of fused-ring (bicyclic) bond motifs is 1. The highest BCUT2D eigenvalue weighted by atomic mass is 16.6. The highest BCUT2D eigenvalue weighted by Crippen LogP contribution is 2.29. The van der Waals surface area contributed by atoms with E-state index in [1.807, 2.05) is 30.3 Å². The molecule has 16 heavy (non-hydrogen) atoms. The van der Waals surface area contributed by atoms with Crippen LogP contribution in [0.4, 0.5) is 0 Å². The molecule has 1 aliphatic heterocycles. The molecule has 4 nitrogen and oxygen atoms in total. The SMILES string of the molecule is COC/C=C1/O/C(=N\OC)c2ccccc21. The third-order valence-corrected chi connectivity index (χ3v) is 2.24. The van der Waals surface area contributed by atoms with Crippen LogP contribution in [0.2, 0.25) is 0 Å². The van der Waals surface area contributed by atoms with Crippen molar-refractivity contribution in [1.82, 2.24) is 0 Å². The predicted octanol–water partition coefficient (Wildman–Crippen LogP) is 2.01. The zero-order valence-corrected chi connectivity index (χ0v) is 9.27. The number of oxime groups is 1. The van der Waals surface area contributed by atoms with Crippen LogP contribution < -0.4 is 0 Å². The van der Waals surface area contributed by atoms with E-state index in [0.717, 1.165) is 16.9 Å². The highest BCUT2D eigenvalue weighted by molar-refractivity contribution is 6.05. The second-order valence-electron chi connectivity index (χ2n) is 3.25. The Morgan fingerprint density at radius 2 is 2.00 bits per heavy atom. The van der Waals surface area contributed by atoms with Crippen LogP contribution in [0.1, 0.15) is 11.1 Å². The summed E-state index contributed by atoms with van der Waals surface area (Å²) in [6.07, 6.45) is 1.87. The first-order valence-electron chi connectivity index (χ1n) is 4.94. The Bertz CT molecular complexity index is 438. The van der Waals surface area contributed by atoms with Gasteiger partial charge in [-0.05, 0) is 17.3 Å². The van der Waals surface area contributed by atoms with Crippen LogP contribution in [0, 0.1) is 0 Å². The fourth-order valence-electron chi connectivity index (χ4n) is 1.56. The van der Waals surface area contributed by atoms with Gasteiger partial charge in [-0.1, -0.05) is 18.2 Å². The lowest BCUT2D eigenvalue weighted by Gasteiger charge is -1.98. The molecule has 1 aromatic carbocycles. The van der Waals surface area contributed by atoms with Crippen molar-refractivity contribution < 1.29 is 14.3 Å². The summed E-state index contributed by atoms with van der Waals surface area (Å²) < 4.78 is 10.6. The second-order valence-corrected chi connectivity index (χ2v) is 3.25. The molecule has 1 aromatic rings. The summed E-state index contributed by atoms with van der Waals surface area (Å²) in [6, 6.07) is 7.82. The fourth-order valence-corrected chi connectivity index (χ4v) is 1.56. The first kappa shape index (κ1) is 10.7. The molecule has 1 aliphatic rings. The zero-order valence-electron chi connectivity index (χ0n) is 9.27. The topological polar surface area (TPSA) is 40.0 Å². The summed E-state index contributed by atoms with van der Waals surface area (Å²) in [5, 5.41) is 3.84. The molecule has 0 atom stereocenters. The van der Waals surface area contributed by atoms with E-state index in [4.69, 9.17) is 14.3 Å². The van der Waals surface area contributed by atoms with Gasteiger partial charge < -0.3 is 14.3 Å². The number of hydrogen-bond donors (Lipinski definition) is 0. The number of hydrogen-bond acceptors (Lipinski definition) is 4. The molecule has 1 heterocycles. The maximum atomic E-state index is 5.58. The Morgan fingerprint density at radius 3 is 2.69 bits per heavy atom. The molecule has 0 saturated heterocycles. The molecule has 4 heteroatoms. The Hall–Kier alpha value is -1.81. The maximum Gasteiger partial charge on any atom is 0.263 e. The van der Waals surface area contributed by atoms with Crippen LogP contribution in [0.25, 0.3) is 5.76 Å². The Kier molecular flexibility index (Phi) is 3.22. The molecule has 0 amide bonds. The summed E-state index contributed by atoms with van der Waals surface area (Å²) in [6.45, 7) is 0.504. The van der Waals surface area contributed by atoms with Crippen molar-refractivity contribution in [2.45, 2.75) is 0 Å². The Balaban J connectivity index is 2.39. The molecule has 0 saturated carbocycles. The van der Waals surface area contributed by atoms with Gasteiger partial charge in [-0.2, -0.15) is 0 Å². The average molecular weight is 219 g/mol. The molecule has 0 N–H and O–H groups in total. The quantitative estimate of drug-likeness (QED) is 0.730. The molecule has 0 bridgehead atoms. The molecule has 2 rings (SSSR count). The number of rotatable bonds is 3. The van der Waals surface area contributed by atoms with Crippen molar-refractivity contribution in [2.24, 2.45) is 5.16 Å². The molecular formula is C12H13NO3. The second kappa shape index (κ2) is 4.81. The molecule has 0 aliphatic carbocycles. The van der Waals surface area contributed by atoms with Crippen LogP contribution in [-0.2, 0) is 14.3 Å². The van der Waals surface area contributed by atoms with Crippen LogP contribution in [-0.4, -0.2) is 26.7 Å². The van der Waals surface area contributed by atoms with Crippen molar-refractivity contribution in [3.8, 4) is 0 Å². The Labute approximate surface area is 94.1 Å². The Morgan fingerprint density at radius 1 is 1.25 bits per heavy atom. The van der Waals surface area contributed by atoms with Gasteiger partial charge in [0.2, 0.25) is 0 Å².